The van der Waals surface area contributed by atoms with Crippen LogP contribution in [0.15, 0.2) is 83.3 Å². The minimum Gasteiger partial charge on any atom is -0.486 e. The number of carbonyl (C=O) groups excluding carboxylic acids is 1. The minimum atomic E-state index is -0.571. The Kier molecular flexibility index (Phi) is 6.79. The topological polar surface area (TPSA) is 104 Å². The number of benzene rings is 3. The Bertz CT molecular complexity index is 1330. The number of nitrogens with zero attached hydrogens (tertiary/aromatic N) is 1. The third-order valence-corrected chi connectivity index (χ3v) is 4.92. The zero-order chi connectivity index (χ0) is 24.1. The maximum atomic E-state index is 12.7. The summed E-state index contributed by atoms with van der Waals surface area (Å²) in [6.45, 7) is 2.11. The van der Waals surface area contributed by atoms with E-state index in [-0.39, 0.29) is 29.5 Å². The number of nitro groups is 1. The van der Waals surface area contributed by atoms with Crippen molar-refractivity contribution < 1.29 is 23.6 Å². The van der Waals surface area contributed by atoms with Gasteiger partial charge in [-0.1, -0.05) is 23.7 Å². The van der Waals surface area contributed by atoms with E-state index in [9.17, 15) is 14.9 Å². The van der Waals surface area contributed by atoms with Gasteiger partial charge in [0.2, 0.25) is 0 Å². The molecule has 8 nitrogen and oxygen atoms in total. The Balaban J connectivity index is 1.46. The number of hydrogen-bond donors (Lipinski definition) is 1. The van der Waals surface area contributed by atoms with Crippen LogP contribution in [0.3, 0.4) is 0 Å². The third kappa shape index (κ3) is 5.93. The summed E-state index contributed by atoms with van der Waals surface area (Å²) >= 11 is 5.87. The lowest BCUT2D eigenvalue weighted by Crippen LogP contribution is -2.11. The number of nitro benzene ring substituents is 1. The van der Waals surface area contributed by atoms with Crippen LogP contribution in [0.5, 0.6) is 17.2 Å². The Morgan fingerprint density at radius 1 is 1.00 bits per heavy atom. The fourth-order valence-corrected chi connectivity index (χ4v) is 3.21. The highest BCUT2D eigenvalue weighted by molar-refractivity contribution is 6.30. The molecule has 172 valence electrons. The second kappa shape index (κ2) is 10.1. The molecule has 34 heavy (non-hydrogen) atoms. The molecule has 0 bridgehead atoms. The van der Waals surface area contributed by atoms with Crippen LogP contribution in [0.25, 0.3) is 0 Å². The van der Waals surface area contributed by atoms with Crippen molar-refractivity contribution >= 4 is 28.9 Å². The average Bonchev–Trinajstić information content (AvgIpc) is 3.28. The number of nitrogens with one attached hydrogen (secondary N) is 1. The second-order valence-electron chi connectivity index (χ2n) is 7.35. The number of aryl methyl sites for hydroxylation is 1. The molecular formula is C25H19ClN2O6. The van der Waals surface area contributed by atoms with Gasteiger partial charge in [-0.2, -0.15) is 0 Å². The van der Waals surface area contributed by atoms with E-state index in [1.54, 1.807) is 30.3 Å². The largest absolute Gasteiger partial charge is 0.486 e. The molecule has 1 heterocycles. The second-order valence-corrected chi connectivity index (χ2v) is 7.79. The van der Waals surface area contributed by atoms with Crippen molar-refractivity contribution in [3.05, 3.63) is 111 Å². The highest BCUT2D eigenvalue weighted by Crippen LogP contribution is 2.30. The highest BCUT2D eigenvalue weighted by atomic mass is 35.5. The van der Waals surface area contributed by atoms with Gasteiger partial charge in [-0.3, -0.25) is 14.9 Å². The summed E-state index contributed by atoms with van der Waals surface area (Å²) in [6, 6.07) is 21.2. The van der Waals surface area contributed by atoms with E-state index in [1.807, 2.05) is 31.2 Å². The molecule has 9 heteroatoms. The molecule has 1 amide bonds. The first-order valence-corrected chi connectivity index (χ1v) is 10.6. The molecule has 0 unspecified atom stereocenters. The number of anilines is 1. The molecule has 0 spiro atoms. The van der Waals surface area contributed by atoms with Crippen LogP contribution < -0.4 is 14.8 Å². The van der Waals surface area contributed by atoms with Gasteiger partial charge in [-0.05, 0) is 61.0 Å². The van der Waals surface area contributed by atoms with Crippen LogP contribution in [0, 0.1) is 17.0 Å². The van der Waals surface area contributed by atoms with E-state index in [4.69, 9.17) is 25.5 Å². The third-order valence-electron chi connectivity index (χ3n) is 4.67. The lowest BCUT2D eigenvalue weighted by molar-refractivity contribution is -0.384. The molecule has 0 aliphatic carbocycles. The van der Waals surface area contributed by atoms with Crippen molar-refractivity contribution in [2.45, 2.75) is 13.5 Å². The number of furan rings is 1. The normalized spacial score (nSPS) is 10.5. The van der Waals surface area contributed by atoms with Gasteiger partial charge >= 0.3 is 0 Å². The van der Waals surface area contributed by atoms with Crippen LogP contribution in [0.1, 0.15) is 21.9 Å². The van der Waals surface area contributed by atoms with E-state index in [0.717, 1.165) is 5.56 Å². The van der Waals surface area contributed by atoms with Crippen LogP contribution in [-0.4, -0.2) is 10.8 Å². The number of amides is 1. The quantitative estimate of drug-likeness (QED) is 0.221. The van der Waals surface area contributed by atoms with Crippen molar-refractivity contribution in [2.24, 2.45) is 0 Å². The van der Waals surface area contributed by atoms with E-state index >= 15 is 0 Å². The molecule has 0 aliphatic rings. The molecule has 0 radical (unpaired) electrons. The van der Waals surface area contributed by atoms with Gasteiger partial charge in [-0.25, -0.2) is 0 Å². The van der Waals surface area contributed by atoms with Gasteiger partial charge in [-0.15, -0.1) is 0 Å². The van der Waals surface area contributed by atoms with Gasteiger partial charge in [0.15, 0.2) is 5.76 Å². The summed E-state index contributed by atoms with van der Waals surface area (Å²) in [4.78, 5) is 23.5. The number of rotatable bonds is 8. The van der Waals surface area contributed by atoms with E-state index in [2.05, 4.69) is 5.32 Å². The predicted molar refractivity (Wildman–Crippen MR) is 127 cm³/mol. The number of carbonyl (C=O) groups is 1. The SMILES string of the molecule is Cc1cccc(OCc2ccc(C(=O)Nc3cc(Oc4ccc(Cl)cc4)cc([N+](=O)[O-])c3)o2)c1. The summed E-state index contributed by atoms with van der Waals surface area (Å²) in [5.41, 5.74) is 0.999. The number of non-ortho nitro benzene ring substituents is 1. The van der Waals surface area contributed by atoms with E-state index < -0.39 is 10.8 Å². The standard InChI is InChI=1S/C25H19ClN2O6/c1-16-3-2-4-21(11-16)32-15-22-9-10-24(34-22)25(29)27-18-12-19(28(30)31)14-23(13-18)33-20-7-5-17(26)6-8-20/h2-14H,15H2,1H3,(H,27,29). The lowest BCUT2D eigenvalue weighted by Gasteiger charge is -2.09. The van der Waals surface area contributed by atoms with E-state index in [1.165, 1.54) is 24.3 Å². The highest BCUT2D eigenvalue weighted by Gasteiger charge is 2.16. The summed E-state index contributed by atoms with van der Waals surface area (Å²) in [5, 5.41) is 14.5. The van der Waals surface area contributed by atoms with Crippen molar-refractivity contribution in [3.63, 3.8) is 0 Å². The summed E-state index contributed by atoms with van der Waals surface area (Å²) in [6.07, 6.45) is 0. The summed E-state index contributed by atoms with van der Waals surface area (Å²) in [7, 11) is 0. The Morgan fingerprint density at radius 2 is 1.79 bits per heavy atom. The molecule has 0 saturated carbocycles. The first-order valence-electron chi connectivity index (χ1n) is 10.2. The van der Waals surface area contributed by atoms with Gasteiger partial charge in [0.1, 0.15) is 29.6 Å². The molecule has 1 aromatic heterocycles. The number of ether oxygens (including phenoxy) is 2. The zero-order valence-corrected chi connectivity index (χ0v) is 18.7. The van der Waals surface area contributed by atoms with Gasteiger partial charge in [0.25, 0.3) is 11.6 Å². The van der Waals surface area contributed by atoms with Gasteiger partial charge in [0, 0.05) is 17.2 Å². The first-order chi connectivity index (χ1) is 16.4. The first kappa shape index (κ1) is 22.9. The van der Waals surface area contributed by atoms with Crippen molar-refractivity contribution in [2.75, 3.05) is 5.32 Å². The van der Waals surface area contributed by atoms with Crippen LogP contribution >= 0.6 is 11.6 Å². The number of hydrogen-bond acceptors (Lipinski definition) is 6. The van der Waals surface area contributed by atoms with Crippen molar-refractivity contribution in [1.82, 2.24) is 0 Å². The Morgan fingerprint density at radius 3 is 2.53 bits per heavy atom. The molecule has 3 aromatic carbocycles. The van der Waals surface area contributed by atoms with Gasteiger partial charge < -0.3 is 19.2 Å². The van der Waals surface area contributed by atoms with Crippen LogP contribution in [-0.2, 0) is 6.61 Å². The predicted octanol–water partition coefficient (Wildman–Crippen LogP) is 6.77. The minimum absolute atomic E-state index is 0.0366. The zero-order valence-electron chi connectivity index (χ0n) is 18.0. The van der Waals surface area contributed by atoms with Crippen molar-refractivity contribution in [3.8, 4) is 17.2 Å². The van der Waals surface area contributed by atoms with E-state index in [0.29, 0.717) is 22.3 Å². The maximum absolute atomic E-state index is 12.7. The molecule has 4 rings (SSSR count). The van der Waals surface area contributed by atoms with Crippen LogP contribution in [0.4, 0.5) is 11.4 Å². The smallest absolute Gasteiger partial charge is 0.291 e. The molecule has 0 atom stereocenters. The maximum Gasteiger partial charge on any atom is 0.291 e. The molecule has 0 fully saturated rings. The Hall–Kier alpha value is -4.30. The van der Waals surface area contributed by atoms with Crippen LogP contribution in [0.2, 0.25) is 5.02 Å². The molecular weight excluding hydrogens is 460 g/mol. The molecule has 0 aliphatic heterocycles. The average molecular weight is 479 g/mol. The number of halogens is 1. The summed E-state index contributed by atoms with van der Waals surface area (Å²) in [5.74, 6) is 1.23. The monoisotopic (exact) mass is 478 g/mol. The summed E-state index contributed by atoms with van der Waals surface area (Å²) < 4.78 is 16.9. The lowest BCUT2D eigenvalue weighted by atomic mass is 10.2. The Labute approximate surface area is 199 Å². The molecule has 0 saturated heterocycles. The van der Waals surface area contributed by atoms with Gasteiger partial charge in [0.05, 0.1) is 16.7 Å². The fourth-order valence-electron chi connectivity index (χ4n) is 3.09. The fraction of sp³-hybridized carbons (Fsp3) is 0.0800. The molecule has 4 aromatic rings. The molecule has 1 N–H and O–H groups in total. The van der Waals surface area contributed by atoms with Crippen molar-refractivity contribution in [1.29, 1.82) is 0 Å².